The van der Waals surface area contributed by atoms with E-state index in [2.05, 4.69) is 16.0 Å². The maximum Gasteiger partial charge on any atom is 0.253 e. The smallest absolute Gasteiger partial charge is 0.253 e. The summed E-state index contributed by atoms with van der Waals surface area (Å²) in [6.07, 6.45) is 2.60. The van der Waals surface area contributed by atoms with Crippen LogP contribution in [0.25, 0.3) is 0 Å². The van der Waals surface area contributed by atoms with Crippen LogP contribution in [0.2, 0.25) is 0 Å². The maximum absolute atomic E-state index is 12.0. The van der Waals surface area contributed by atoms with Gasteiger partial charge in [0.15, 0.2) is 0 Å². The molecule has 1 aromatic carbocycles. The molecule has 0 aromatic heterocycles. The highest BCUT2D eigenvalue weighted by Crippen LogP contribution is 2.16. The SMILES string of the molecule is CCNC(=O)c1ccccc1NC(=O)CC1CCCN1.Cl. The summed E-state index contributed by atoms with van der Waals surface area (Å²) in [5, 5.41) is 8.87. The topological polar surface area (TPSA) is 70.2 Å². The van der Waals surface area contributed by atoms with Gasteiger partial charge >= 0.3 is 0 Å². The zero-order chi connectivity index (χ0) is 14.4. The first-order valence-electron chi connectivity index (χ1n) is 7.11. The number of para-hydroxylation sites is 1. The first kappa shape index (κ1) is 17.5. The molecule has 3 N–H and O–H groups in total. The Morgan fingerprint density at radius 3 is 2.76 bits per heavy atom. The lowest BCUT2D eigenvalue weighted by atomic mass is 10.1. The third-order valence-corrected chi connectivity index (χ3v) is 3.38. The van der Waals surface area contributed by atoms with Crippen molar-refractivity contribution in [2.45, 2.75) is 32.2 Å². The molecule has 1 aliphatic heterocycles. The van der Waals surface area contributed by atoms with E-state index in [9.17, 15) is 9.59 Å². The Bertz CT molecular complexity index is 488. The van der Waals surface area contributed by atoms with E-state index in [4.69, 9.17) is 0 Å². The average Bonchev–Trinajstić information content (AvgIpc) is 2.92. The summed E-state index contributed by atoms with van der Waals surface area (Å²) in [6.45, 7) is 3.41. The highest BCUT2D eigenvalue weighted by Gasteiger charge is 2.19. The number of amides is 2. The summed E-state index contributed by atoms with van der Waals surface area (Å²) in [5.74, 6) is -0.219. The van der Waals surface area contributed by atoms with E-state index in [0.29, 0.717) is 24.2 Å². The van der Waals surface area contributed by atoms with E-state index in [1.807, 2.05) is 13.0 Å². The zero-order valence-electron chi connectivity index (χ0n) is 12.1. The molecule has 1 fully saturated rings. The highest BCUT2D eigenvalue weighted by atomic mass is 35.5. The van der Waals surface area contributed by atoms with Crippen molar-refractivity contribution in [1.29, 1.82) is 0 Å². The number of hydrogen-bond donors (Lipinski definition) is 3. The molecule has 1 atom stereocenters. The van der Waals surface area contributed by atoms with Crippen LogP contribution < -0.4 is 16.0 Å². The Balaban J connectivity index is 0.00000220. The van der Waals surface area contributed by atoms with Gasteiger partial charge in [0.05, 0.1) is 11.3 Å². The molecule has 0 aliphatic carbocycles. The van der Waals surface area contributed by atoms with Gasteiger partial charge in [-0.25, -0.2) is 0 Å². The van der Waals surface area contributed by atoms with E-state index in [0.717, 1.165) is 19.4 Å². The summed E-state index contributed by atoms with van der Waals surface area (Å²) in [7, 11) is 0. The van der Waals surface area contributed by atoms with Gasteiger partial charge in [-0.1, -0.05) is 12.1 Å². The van der Waals surface area contributed by atoms with Crippen LogP contribution >= 0.6 is 12.4 Å². The zero-order valence-corrected chi connectivity index (χ0v) is 13.0. The molecule has 2 amide bonds. The molecule has 0 saturated carbocycles. The van der Waals surface area contributed by atoms with Crippen molar-refractivity contribution in [3.05, 3.63) is 29.8 Å². The van der Waals surface area contributed by atoms with Crippen molar-refractivity contribution in [3.63, 3.8) is 0 Å². The summed E-state index contributed by atoms with van der Waals surface area (Å²) in [4.78, 5) is 23.9. The number of carbonyl (C=O) groups excluding carboxylic acids is 2. The lowest BCUT2D eigenvalue weighted by Gasteiger charge is -2.13. The largest absolute Gasteiger partial charge is 0.352 e. The molecular weight excluding hydrogens is 290 g/mol. The van der Waals surface area contributed by atoms with Gasteiger partial charge in [0.1, 0.15) is 0 Å². The van der Waals surface area contributed by atoms with E-state index in [-0.39, 0.29) is 30.3 Å². The molecule has 1 heterocycles. The third-order valence-electron chi connectivity index (χ3n) is 3.38. The molecule has 1 aliphatic rings. The van der Waals surface area contributed by atoms with Gasteiger partial charge in [-0.2, -0.15) is 0 Å². The van der Waals surface area contributed by atoms with Crippen LogP contribution in [0.5, 0.6) is 0 Å². The number of anilines is 1. The number of hydrogen-bond acceptors (Lipinski definition) is 3. The van der Waals surface area contributed by atoms with E-state index in [1.165, 1.54) is 0 Å². The molecule has 6 heteroatoms. The van der Waals surface area contributed by atoms with E-state index < -0.39 is 0 Å². The minimum Gasteiger partial charge on any atom is -0.352 e. The monoisotopic (exact) mass is 311 g/mol. The Hall–Kier alpha value is -1.59. The predicted octanol–water partition coefficient (Wildman–Crippen LogP) is 1.94. The van der Waals surface area contributed by atoms with Crippen molar-refractivity contribution in [2.75, 3.05) is 18.4 Å². The molecule has 116 valence electrons. The highest BCUT2D eigenvalue weighted by molar-refractivity contribution is 6.03. The minimum absolute atomic E-state index is 0. The Labute approximate surface area is 131 Å². The first-order valence-corrected chi connectivity index (χ1v) is 7.11. The molecule has 1 saturated heterocycles. The minimum atomic E-state index is -0.164. The van der Waals surface area contributed by atoms with Crippen LogP contribution in [0, 0.1) is 0 Å². The quantitative estimate of drug-likeness (QED) is 0.778. The fourth-order valence-corrected chi connectivity index (χ4v) is 2.40. The van der Waals surface area contributed by atoms with Crippen molar-refractivity contribution < 1.29 is 9.59 Å². The number of nitrogens with one attached hydrogen (secondary N) is 3. The van der Waals surface area contributed by atoms with Crippen molar-refractivity contribution >= 4 is 29.9 Å². The van der Waals surface area contributed by atoms with Crippen LogP contribution in [0.1, 0.15) is 36.5 Å². The first-order chi connectivity index (χ1) is 9.70. The lowest BCUT2D eigenvalue weighted by Crippen LogP contribution is -2.29. The van der Waals surface area contributed by atoms with Gasteiger partial charge in [0, 0.05) is 19.0 Å². The van der Waals surface area contributed by atoms with Gasteiger partial charge in [-0.15, -0.1) is 12.4 Å². The molecule has 0 radical (unpaired) electrons. The second-order valence-electron chi connectivity index (χ2n) is 4.95. The van der Waals surface area contributed by atoms with E-state index >= 15 is 0 Å². The maximum atomic E-state index is 12.0. The normalized spacial score (nSPS) is 16.9. The van der Waals surface area contributed by atoms with Gasteiger partial charge in [0.25, 0.3) is 5.91 Å². The van der Waals surface area contributed by atoms with Crippen LogP contribution in [0.3, 0.4) is 0 Å². The van der Waals surface area contributed by atoms with Crippen molar-refractivity contribution in [1.82, 2.24) is 10.6 Å². The molecule has 2 rings (SSSR count). The lowest BCUT2D eigenvalue weighted by molar-refractivity contribution is -0.116. The van der Waals surface area contributed by atoms with Crippen LogP contribution in [0.4, 0.5) is 5.69 Å². The fraction of sp³-hybridized carbons (Fsp3) is 0.467. The summed E-state index contributed by atoms with van der Waals surface area (Å²) in [6, 6.07) is 7.33. The summed E-state index contributed by atoms with van der Waals surface area (Å²) in [5.41, 5.74) is 1.07. The van der Waals surface area contributed by atoms with E-state index in [1.54, 1.807) is 18.2 Å². The van der Waals surface area contributed by atoms with Gasteiger partial charge in [-0.3, -0.25) is 9.59 Å². The number of rotatable bonds is 5. The molecule has 1 unspecified atom stereocenters. The van der Waals surface area contributed by atoms with Crippen molar-refractivity contribution in [3.8, 4) is 0 Å². The second-order valence-corrected chi connectivity index (χ2v) is 4.95. The van der Waals surface area contributed by atoms with Crippen LogP contribution in [0.15, 0.2) is 24.3 Å². The molecule has 1 aromatic rings. The summed E-state index contributed by atoms with van der Waals surface area (Å²) >= 11 is 0. The Morgan fingerprint density at radius 2 is 2.10 bits per heavy atom. The second kappa shape index (κ2) is 8.64. The standard InChI is InChI=1S/C15H21N3O2.ClH/c1-2-16-15(20)12-7-3-4-8-13(12)18-14(19)10-11-6-5-9-17-11;/h3-4,7-8,11,17H,2,5-6,9-10H2,1H3,(H,16,20)(H,18,19);1H. The fourth-order valence-electron chi connectivity index (χ4n) is 2.40. The molecule has 21 heavy (non-hydrogen) atoms. The Morgan fingerprint density at radius 1 is 1.33 bits per heavy atom. The Kier molecular flexibility index (Phi) is 7.19. The van der Waals surface area contributed by atoms with Crippen molar-refractivity contribution in [2.24, 2.45) is 0 Å². The summed E-state index contributed by atoms with van der Waals surface area (Å²) < 4.78 is 0. The molecule has 0 bridgehead atoms. The third kappa shape index (κ3) is 5.02. The average molecular weight is 312 g/mol. The van der Waals surface area contributed by atoms with Crippen LogP contribution in [-0.2, 0) is 4.79 Å². The van der Waals surface area contributed by atoms with Gasteiger partial charge in [0.2, 0.25) is 5.91 Å². The number of benzene rings is 1. The van der Waals surface area contributed by atoms with Gasteiger partial charge < -0.3 is 16.0 Å². The number of halogens is 1. The molecule has 0 spiro atoms. The van der Waals surface area contributed by atoms with Crippen LogP contribution in [-0.4, -0.2) is 30.9 Å². The van der Waals surface area contributed by atoms with Gasteiger partial charge in [-0.05, 0) is 38.4 Å². The predicted molar refractivity (Wildman–Crippen MR) is 86.0 cm³/mol. The number of carbonyl (C=O) groups is 2. The molecule has 5 nitrogen and oxygen atoms in total. The molecular formula is C15H22ClN3O2.